The second-order valence-electron chi connectivity index (χ2n) is 5.90. The topological polar surface area (TPSA) is 94.2 Å². The Bertz CT molecular complexity index is 782. The fourth-order valence-corrected chi connectivity index (χ4v) is 3.63. The number of carbonyl (C=O) groups is 2. The third-order valence-electron chi connectivity index (χ3n) is 4.74. The molecule has 6 heteroatoms. The van der Waals surface area contributed by atoms with Gasteiger partial charge in [0.25, 0.3) is 0 Å². The average Bonchev–Trinajstić information content (AvgIpc) is 2.82. The van der Waals surface area contributed by atoms with Crippen LogP contribution in [0.15, 0.2) is 24.3 Å². The molecule has 0 radical (unpaired) electrons. The zero-order valence-corrected chi connectivity index (χ0v) is 11.4. The van der Waals surface area contributed by atoms with Crippen LogP contribution in [0.4, 0.5) is 4.79 Å². The molecule has 1 aromatic heterocycles. The normalized spacial score (nSPS) is 31.3. The Kier molecular flexibility index (Phi) is 2.28. The van der Waals surface area contributed by atoms with Crippen LogP contribution in [0.1, 0.15) is 18.2 Å². The monoisotopic (exact) mass is 285 g/mol. The molecule has 0 spiro atoms. The molecule has 1 aliphatic heterocycles. The van der Waals surface area contributed by atoms with E-state index in [4.69, 9.17) is 0 Å². The van der Waals surface area contributed by atoms with Crippen LogP contribution < -0.4 is 10.6 Å². The summed E-state index contributed by atoms with van der Waals surface area (Å²) >= 11 is 0. The highest BCUT2D eigenvalue weighted by atomic mass is 16.3. The Morgan fingerprint density at radius 3 is 2.86 bits per heavy atom. The number of nitrogens with one attached hydrogen (secondary N) is 3. The molecule has 3 atom stereocenters. The lowest BCUT2D eigenvalue weighted by Crippen LogP contribution is -2.71. The summed E-state index contributed by atoms with van der Waals surface area (Å²) in [7, 11) is 0. The van der Waals surface area contributed by atoms with Crippen LogP contribution in [0.3, 0.4) is 0 Å². The van der Waals surface area contributed by atoms with Gasteiger partial charge in [0.15, 0.2) is 0 Å². The first-order valence-electron chi connectivity index (χ1n) is 6.92. The van der Waals surface area contributed by atoms with Crippen LogP contribution >= 0.6 is 0 Å². The molecule has 1 aromatic carbocycles. The zero-order chi connectivity index (χ0) is 14.8. The first-order valence-corrected chi connectivity index (χ1v) is 6.92. The number of amides is 3. The van der Waals surface area contributed by atoms with E-state index < -0.39 is 23.6 Å². The standard InChI is InChI=1S/C15H15N3O3/c1-15-11-8(7-4-2-3-5-9(7)16-11)6-10(19)12(15)17-14(21)18-13(15)20/h2-5,10,12,16,19H,6H2,1H3,(H2,17,18,20,21)/t10-,12?,15+/m0/s1. The van der Waals surface area contributed by atoms with E-state index in [2.05, 4.69) is 15.6 Å². The lowest BCUT2D eigenvalue weighted by molar-refractivity contribution is -0.129. The van der Waals surface area contributed by atoms with Gasteiger partial charge in [0.1, 0.15) is 5.41 Å². The maximum atomic E-state index is 12.4. The second kappa shape index (κ2) is 3.85. The van der Waals surface area contributed by atoms with Gasteiger partial charge >= 0.3 is 6.03 Å². The van der Waals surface area contributed by atoms with Crippen molar-refractivity contribution in [3.05, 3.63) is 35.5 Å². The van der Waals surface area contributed by atoms with Gasteiger partial charge in [-0.2, -0.15) is 0 Å². The summed E-state index contributed by atoms with van der Waals surface area (Å²) in [6.45, 7) is 1.75. The quantitative estimate of drug-likeness (QED) is 0.569. The largest absolute Gasteiger partial charge is 0.391 e. The minimum Gasteiger partial charge on any atom is -0.391 e. The zero-order valence-electron chi connectivity index (χ0n) is 11.4. The Balaban J connectivity index is 2.00. The van der Waals surface area contributed by atoms with Crippen molar-refractivity contribution < 1.29 is 14.7 Å². The van der Waals surface area contributed by atoms with Crippen molar-refractivity contribution in [2.45, 2.75) is 30.9 Å². The van der Waals surface area contributed by atoms with Crippen molar-refractivity contribution in [3.8, 4) is 0 Å². The summed E-state index contributed by atoms with van der Waals surface area (Å²) in [5.41, 5.74) is 1.65. The molecule has 3 amide bonds. The fraction of sp³-hybridized carbons (Fsp3) is 0.333. The molecule has 1 unspecified atom stereocenters. The summed E-state index contributed by atoms with van der Waals surface area (Å²) < 4.78 is 0. The van der Waals surface area contributed by atoms with Crippen molar-refractivity contribution in [1.29, 1.82) is 0 Å². The molecule has 0 saturated carbocycles. The number of benzene rings is 1. The van der Waals surface area contributed by atoms with Crippen LogP contribution in [0.2, 0.25) is 0 Å². The second-order valence-corrected chi connectivity index (χ2v) is 5.90. The molecule has 21 heavy (non-hydrogen) atoms. The minimum atomic E-state index is -1.00. The van der Waals surface area contributed by atoms with Crippen molar-refractivity contribution in [2.75, 3.05) is 0 Å². The number of aliphatic hydroxyl groups is 1. The van der Waals surface area contributed by atoms with Gasteiger partial charge in [-0.25, -0.2) is 4.79 Å². The summed E-state index contributed by atoms with van der Waals surface area (Å²) in [6.07, 6.45) is -0.385. The van der Waals surface area contributed by atoms with Crippen molar-refractivity contribution in [2.24, 2.45) is 0 Å². The predicted octanol–water partition coefficient (Wildman–Crippen LogP) is 0.551. The lowest BCUT2D eigenvalue weighted by atomic mass is 9.68. The molecular formula is C15H15N3O3. The van der Waals surface area contributed by atoms with Crippen LogP contribution in [-0.2, 0) is 16.6 Å². The number of carbonyl (C=O) groups excluding carboxylic acids is 2. The van der Waals surface area contributed by atoms with Gasteiger partial charge in [0.2, 0.25) is 5.91 Å². The molecule has 1 saturated heterocycles. The summed E-state index contributed by atoms with van der Waals surface area (Å²) in [5, 5.41) is 16.4. The van der Waals surface area contributed by atoms with E-state index in [1.807, 2.05) is 24.3 Å². The number of hydrogen-bond acceptors (Lipinski definition) is 3. The van der Waals surface area contributed by atoms with Crippen LogP contribution in [-0.4, -0.2) is 34.2 Å². The molecule has 0 bridgehead atoms. The van der Waals surface area contributed by atoms with Gasteiger partial charge in [-0.1, -0.05) is 18.2 Å². The molecule has 6 nitrogen and oxygen atoms in total. The third kappa shape index (κ3) is 1.45. The highest BCUT2D eigenvalue weighted by Gasteiger charge is 2.55. The Morgan fingerprint density at radius 1 is 1.29 bits per heavy atom. The van der Waals surface area contributed by atoms with E-state index in [0.717, 1.165) is 22.2 Å². The van der Waals surface area contributed by atoms with E-state index in [1.165, 1.54) is 0 Å². The van der Waals surface area contributed by atoms with Gasteiger partial charge in [-0.15, -0.1) is 0 Å². The number of imide groups is 1. The van der Waals surface area contributed by atoms with Gasteiger partial charge < -0.3 is 15.4 Å². The highest BCUT2D eigenvalue weighted by Crippen LogP contribution is 2.41. The smallest absolute Gasteiger partial charge is 0.321 e. The summed E-state index contributed by atoms with van der Waals surface area (Å²) in [5.74, 6) is -0.386. The number of fused-ring (bicyclic) bond motifs is 5. The van der Waals surface area contributed by atoms with E-state index in [1.54, 1.807) is 6.92 Å². The molecule has 2 aliphatic rings. The molecule has 1 aliphatic carbocycles. The fourth-order valence-electron chi connectivity index (χ4n) is 3.63. The molecule has 2 heterocycles. The highest BCUT2D eigenvalue weighted by molar-refractivity contribution is 6.05. The lowest BCUT2D eigenvalue weighted by Gasteiger charge is -2.45. The van der Waals surface area contributed by atoms with Gasteiger partial charge in [-0.3, -0.25) is 10.1 Å². The number of aromatic amines is 1. The van der Waals surface area contributed by atoms with E-state index in [0.29, 0.717) is 6.42 Å². The maximum absolute atomic E-state index is 12.4. The maximum Gasteiger partial charge on any atom is 0.321 e. The van der Waals surface area contributed by atoms with E-state index >= 15 is 0 Å². The van der Waals surface area contributed by atoms with Gasteiger partial charge in [0, 0.05) is 23.0 Å². The molecule has 2 aromatic rings. The van der Waals surface area contributed by atoms with Crippen LogP contribution in [0, 0.1) is 0 Å². The number of rotatable bonds is 0. The van der Waals surface area contributed by atoms with Crippen LogP contribution in [0.25, 0.3) is 10.9 Å². The molecule has 4 rings (SSSR count). The number of aliphatic hydroxyl groups excluding tert-OH is 1. The first-order chi connectivity index (χ1) is 10.0. The summed E-state index contributed by atoms with van der Waals surface area (Å²) in [6, 6.07) is 6.59. The Hall–Kier alpha value is -2.34. The van der Waals surface area contributed by atoms with Crippen molar-refractivity contribution in [3.63, 3.8) is 0 Å². The minimum absolute atomic E-state index is 0.386. The predicted molar refractivity (Wildman–Crippen MR) is 75.8 cm³/mol. The van der Waals surface area contributed by atoms with Crippen LogP contribution in [0.5, 0.6) is 0 Å². The number of aromatic nitrogens is 1. The third-order valence-corrected chi connectivity index (χ3v) is 4.74. The number of urea groups is 1. The average molecular weight is 285 g/mol. The van der Waals surface area contributed by atoms with Crippen molar-refractivity contribution >= 4 is 22.8 Å². The first kappa shape index (κ1) is 12.4. The summed E-state index contributed by atoms with van der Waals surface area (Å²) in [4.78, 5) is 27.3. The number of hydrogen-bond donors (Lipinski definition) is 4. The molecule has 108 valence electrons. The van der Waals surface area contributed by atoms with E-state index in [9.17, 15) is 14.7 Å². The molecule has 4 N–H and O–H groups in total. The van der Waals surface area contributed by atoms with E-state index in [-0.39, 0.29) is 5.91 Å². The Morgan fingerprint density at radius 2 is 2.05 bits per heavy atom. The molecule has 1 fully saturated rings. The number of H-pyrrole nitrogens is 1. The van der Waals surface area contributed by atoms with Gasteiger partial charge in [-0.05, 0) is 18.6 Å². The molecular weight excluding hydrogens is 270 g/mol. The Labute approximate surface area is 120 Å². The van der Waals surface area contributed by atoms with Gasteiger partial charge in [0.05, 0.1) is 12.1 Å². The SMILES string of the molecule is C[C@]12C(=O)NC(=O)NC1[C@@H](O)Cc1c2[nH]c2ccccc12. The number of para-hydroxylation sites is 1. The van der Waals surface area contributed by atoms with Crippen molar-refractivity contribution in [1.82, 2.24) is 15.6 Å².